The van der Waals surface area contributed by atoms with Crippen LogP contribution in [-0.2, 0) is 10.0 Å². The maximum atomic E-state index is 12.5. The lowest BCUT2D eigenvalue weighted by atomic mass is 10.1. The van der Waals surface area contributed by atoms with E-state index in [1.807, 2.05) is 0 Å². The minimum absolute atomic E-state index is 0.0199. The van der Waals surface area contributed by atoms with E-state index in [9.17, 15) is 18.3 Å². The molecule has 0 bridgehead atoms. The number of sulfonamides is 1. The molecule has 0 amide bonds. The molecule has 9 nitrogen and oxygen atoms in total. The molecule has 124 valence electrons. The van der Waals surface area contributed by atoms with Gasteiger partial charge in [0.2, 0.25) is 0 Å². The predicted octanol–water partition coefficient (Wildman–Crippen LogP) is 1.24. The van der Waals surface area contributed by atoms with Crippen LogP contribution in [0, 0.1) is 13.8 Å². The first kappa shape index (κ1) is 15.9. The maximum Gasteiger partial charge on any atom is 0.337 e. The topological polar surface area (TPSA) is 127 Å². The number of carbonyl (C=O) groups is 1. The summed E-state index contributed by atoms with van der Waals surface area (Å²) < 4.78 is 28.6. The number of aromatic nitrogens is 4. The number of carboxylic acid groups (broad SMARTS) is 1. The molecule has 2 aromatic heterocycles. The first-order valence-corrected chi connectivity index (χ1v) is 8.32. The molecule has 2 heterocycles. The van der Waals surface area contributed by atoms with Crippen molar-refractivity contribution in [1.82, 2.24) is 19.6 Å². The van der Waals surface area contributed by atoms with Crippen LogP contribution >= 0.6 is 0 Å². The number of para-hydroxylation sites is 1. The number of aryl methyl sites for hydroxylation is 2. The van der Waals surface area contributed by atoms with Gasteiger partial charge >= 0.3 is 5.97 Å². The summed E-state index contributed by atoms with van der Waals surface area (Å²) in [5, 5.41) is 12.7. The van der Waals surface area contributed by atoms with Gasteiger partial charge < -0.3 is 5.11 Å². The Morgan fingerprint density at radius 2 is 2.00 bits per heavy atom. The molecule has 0 aliphatic heterocycles. The summed E-state index contributed by atoms with van der Waals surface area (Å²) in [7, 11) is -4.17. The molecule has 1 aromatic carbocycles. The highest BCUT2D eigenvalue weighted by atomic mass is 32.2. The Bertz CT molecular complexity index is 1060. The Morgan fingerprint density at radius 1 is 1.25 bits per heavy atom. The van der Waals surface area contributed by atoms with Crippen molar-refractivity contribution < 1.29 is 18.3 Å². The fourth-order valence-electron chi connectivity index (χ4n) is 2.16. The summed E-state index contributed by atoms with van der Waals surface area (Å²) in [5.41, 5.74) is 0.956. The van der Waals surface area contributed by atoms with E-state index in [1.165, 1.54) is 22.8 Å². The van der Waals surface area contributed by atoms with Crippen molar-refractivity contribution in [2.24, 2.45) is 0 Å². The third kappa shape index (κ3) is 2.67. The first-order chi connectivity index (χ1) is 11.3. The van der Waals surface area contributed by atoms with Crippen molar-refractivity contribution in [3.8, 4) is 0 Å². The van der Waals surface area contributed by atoms with Gasteiger partial charge in [-0.2, -0.15) is 13.4 Å². The average molecular weight is 347 g/mol. The van der Waals surface area contributed by atoms with Gasteiger partial charge in [0.1, 0.15) is 0 Å². The maximum absolute atomic E-state index is 12.5. The fourth-order valence-corrected chi connectivity index (χ4v) is 3.19. The number of fused-ring (bicyclic) bond motifs is 1. The molecule has 0 aliphatic rings. The van der Waals surface area contributed by atoms with Gasteiger partial charge in [-0.1, -0.05) is 12.1 Å². The van der Waals surface area contributed by atoms with Crippen LogP contribution < -0.4 is 4.72 Å². The number of hydrogen-bond acceptors (Lipinski definition) is 6. The van der Waals surface area contributed by atoms with Crippen LogP contribution in [0.5, 0.6) is 0 Å². The third-order valence-electron chi connectivity index (χ3n) is 3.39. The number of nitrogens with zero attached hydrogens (tertiary/aromatic N) is 4. The van der Waals surface area contributed by atoms with Crippen LogP contribution in [0.25, 0.3) is 5.78 Å². The molecule has 0 saturated carbocycles. The summed E-state index contributed by atoms with van der Waals surface area (Å²) in [6.45, 7) is 3.34. The second-order valence-electron chi connectivity index (χ2n) is 5.10. The van der Waals surface area contributed by atoms with E-state index < -0.39 is 21.1 Å². The van der Waals surface area contributed by atoms with Crippen LogP contribution in [0.15, 0.2) is 35.6 Å². The van der Waals surface area contributed by atoms with Crippen molar-refractivity contribution in [1.29, 1.82) is 0 Å². The molecule has 2 N–H and O–H groups in total. The van der Waals surface area contributed by atoms with E-state index in [4.69, 9.17) is 0 Å². The van der Waals surface area contributed by atoms with Gasteiger partial charge in [-0.05, 0) is 31.5 Å². The minimum Gasteiger partial charge on any atom is -0.478 e. The Kier molecular flexibility index (Phi) is 3.68. The fraction of sp³-hybridized carbons (Fsp3) is 0.143. The zero-order chi connectivity index (χ0) is 17.5. The Labute approximate surface area is 137 Å². The van der Waals surface area contributed by atoms with E-state index in [0.29, 0.717) is 11.3 Å². The zero-order valence-corrected chi connectivity index (χ0v) is 13.6. The van der Waals surface area contributed by atoms with E-state index in [2.05, 4.69) is 19.8 Å². The minimum atomic E-state index is -4.17. The molecule has 0 aliphatic carbocycles. The largest absolute Gasteiger partial charge is 0.478 e. The van der Waals surface area contributed by atoms with Crippen molar-refractivity contribution in [3.63, 3.8) is 0 Å². The van der Waals surface area contributed by atoms with Gasteiger partial charge in [-0.15, -0.1) is 5.10 Å². The number of rotatable bonds is 4. The van der Waals surface area contributed by atoms with Gasteiger partial charge in [-0.25, -0.2) is 14.3 Å². The highest BCUT2D eigenvalue weighted by molar-refractivity contribution is 7.92. The molecule has 0 saturated heterocycles. The highest BCUT2D eigenvalue weighted by Crippen LogP contribution is 2.23. The molecular weight excluding hydrogens is 334 g/mol. The molecule has 0 spiro atoms. The molecule has 3 rings (SSSR count). The smallest absolute Gasteiger partial charge is 0.337 e. The van der Waals surface area contributed by atoms with E-state index in [1.54, 1.807) is 26.0 Å². The lowest BCUT2D eigenvalue weighted by Gasteiger charge is -2.11. The Balaban J connectivity index is 2.09. The second kappa shape index (κ2) is 5.57. The lowest BCUT2D eigenvalue weighted by molar-refractivity contribution is 0.0698. The summed E-state index contributed by atoms with van der Waals surface area (Å²) >= 11 is 0. The number of hydrogen-bond donors (Lipinski definition) is 2. The normalized spacial score (nSPS) is 11.6. The standard InChI is InChI=1S/C14H13N5O4S/c1-8-4-3-5-10(12(20)21)11(8)18-24(22,23)14-16-13-15-7-6-9(2)19(13)17-14/h3-7,18H,1-2H3,(H,20,21). The average Bonchev–Trinajstić information content (AvgIpc) is 2.95. The van der Waals surface area contributed by atoms with Crippen molar-refractivity contribution in [2.75, 3.05) is 4.72 Å². The number of carboxylic acids is 1. The summed E-state index contributed by atoms with van der Waals surface area (Å²) in [4.78, 5) is 19.1. The molecule has 24 heavy (non-hydrogen) atoms. The summed E-state index contributed by atoms with van der Waals surface area (Å²) in [5.74, 6) is -1.10. The van der Waals surface area contributed by atoms with Gasteiger partial charge in [0.25, 0.3) is 21.0 Å². The summed E-state index contributed by atoms with van der Waals surface area (Å²) in [6.07, 6.45) is 1.49. The Morgan fingerprint density at radius 3 is 2.67 bits per heavy atom. The molecule has 0 fully saturated rings. The van der Waals surface area contributed by atoms with Gasteiger partial charge in [0.15, 0.2) is 0 Å². The van der Waals surface area contributed by atoms with Gasteiger partial charge in [0.05, 0.1) is 11.3 Å². The molecule has 0 atom stereocenters. The van der Waals surface area contributed by atoms with Crippen LogP contribution in [0.3, 0.4) is 0 Å². The SMILES string of the molecule is Cc1cccc(C(=O)O)c1NS(=O)(=O)c1nc2nccc(C)n2n1. The molecule has 3 aromatic rings. The van der Waals surface area contributed by atoms with Crippen molar-refractivity contribution >= 4 is 27.5 Å². The molecule has 0 unspecified atom stereocenters. The van der Waals surface area contributed by atoms with E-state index in [-0.39, 0.29) is 17.0 Å². The molecule has 10 heteroatoms. The number of aromatic carboxylic acids is 1. The quantitative estimate of drug-likeness (QED) is 0.727. The number of anilines is 1. The lowest BCUT2D eigenvalue weighted by Crippen LogP contribution is -2.18. The van der Waals surface area contributed by atoms with Crippen molar-refractivity contribution in [2.45, 2.75) is 19.0 Å². The molecule has 0 radical (unpaired) electrons. The van der Waals surface area contributed by atoms with Crippen LogP contribution in [-0.4, -0.2) is 39.1 Å². The molecular formula is C14H13N5O4S. The number of benzene rings is 1. The zero-order valence-electron chi connectivity index (χ0n) is 12.8. The van der Waals surface area contributed by atoms with E-state index >= 15 is 0 Å². The van der Waals surface area contributed by atoms with Gasteiger partial charge in [-0.3, -0.25) is 4.72 Å². The summed E-state index contributed by atoms with van der Waals surface area (Å²) in [6, 6.07) is 6.12. The third-order valence-corrected chi connectivity index (χ3v) is 4.52. The Hall–Kier alpha value is -3.01. The predicted molar refractivity (Wildman–Crippen MR) is 84.5 cm³/mol. The van der Waals surface area contributed by atoms with Crippen molar-refractivity contribution in [3.05, 3.63) is 47.3 Å². The monoisotopic (exact) mass is 347 g/mol. The van der Waals surface area contributed by atoms with Gasteiger partial charge in [0, 0.05) is 11.9 Å². The van der Waals surface area contributed by atoms with Crippen LogP contribution in [0.1, 0.15) is 21.6 Å². The van der Waals surface area contributed by atoms with Crippen LogP contribution in [0.2, 0.25) is 0 Å². The van der Waals surface area contributed by atoms with E-state index in [0.717, 1.165) is 0 Å². The first-order valence-electron chi connectivity index (χ1n) is 6.84. The second-order valence-corrected chi connectivity index (χ2v) is 6.68. The van der Waals surface area contributed by atoms with Crippen LogP contribution in [0.4, 0.5) is 5.69 Å². The highest BCUT2D eigenvalue weighted by Gasteiger charge is 2.24. The number of nitrogens with one attached hydrogen (secondary N) is 1.